The number of H-pyrrole nitrogens is 1. The number of hydrogen-bond donors (Lipinski definition) is 3. The molecule has 1 aromatic carbocycles. The van der Waals surface area contributed by atoms with Gasteiger partial charge in [0.1, 0.15) is 5.82 Å². The number of benzene rings is 1. The van der Waals surface area contributed by atoms with Crippen LogP contribution in [0.3, 0.4) is 0 Å². The molecule has 0 fully saturated rings. The summed E-state index contributed by atoms with van der Waals surface area (Å²) in [6, 6.07) is 10.9. The Labute approximate surface area is 187 Å². The highest BCUT2D eigenvalue weighted by Gasteiger charge is 2.18. The minimum atomic E-state index is -0.535. The molecular formula is C22H19N9O2. The molecule has 5 rings (SSSR count). The zero-order chi connectivity index (χ0) is 22.8. The number of nitrogens with zero attached hydrogens (tertiary/aromatic N) is 6. The molecule has 0 bridgehead atoms. The Morgan fingerprint density at radius 2 is 1.94 bits per heavy atom. The van der Waals surface area contributed by atoms with Crippen LogP contribution in [-0.4, -0.2) is 46.1 Å². The zero-order valence-corrected chi connectivity index (χ0v) is 17.6. The summed E-state index contributed by atoms with van der Waals surface area (Å²) in [5.74, 6) is 0.423. The van der Waals surface area contributed by atoms with Gasteiger partial charge in [-0.25, -0.2) is 14.8 Å². The normalized spacial score (nSPS) is 10.9. The van der Waals surface area contributed by atoms with Gasteiger partial charge in [-0.3, -0.25) is 14.5 Å². The number of carbonyl (C=O) groups is 2. The maximum atomic E-state index is 12.8. The highest BCUT2D eigenvalue weighted by Crippen LogP contribution is 2.19. The number of aromatic nitrogens is 7. The predicted octanol–water partition coefficient (Wildman–Crippen LogP) is 2.63. The Bertz CT molecular complexity index is 1440. The van der Waals surface area contributed by atoms with Crippen LogP contribution in [0.25, 0.3) is 17.0 Å². The molecular weight excluding hydrogens is 422 g/mol. The quantitative estimate of drug-likeness (QED) is 0.384. The lowest BCUT2D eigenvalue weighted by atomic mass is 10.2. The smallest absolute Gasteiger partial charge is 0.347 e. The lowest BCUT2D eigenvalue weighted by Gasteiger charge is -2.07. The summed E-state index contributed by atoms with van der Waals surface area (Å²) in [5.41, 5.74) is 3.22. The first-order chi connectivity index (χ1) is 16.1. The van der Waals surface area contributed by atoms with Crippen molar-refractivity contribution in [2.45, 2.75) is 13.5 Å². The fourth-order valence-electron chi connectivity index (χ4n) is 3.34. The summed E-state index contributed by atoms with van der Waals surface area (Å²) in [6.07, 6.45) is 8.15. The SMILES string of the molecule is Cc1c(C(=O)NCc2cnc[nH]2)cnn1C(=O)Nc1ccn2cc(-c3ccccc3)nc2n1. The molecule has 0 aliphatic heterocycles. The Morgan fingerprint density at radius 1 is 1.09 bits per heavy atom. The standard InChI is InChI=1S/C22H19N9O2/c1-14-17(20(32)24-10-16-9-23-13-25-16)11-26-31(14)22(33)29-19-7-8-30-12-18(27-21(30)28-19)15-5-3-2-4-6-15/h2-9,11-13H,10H2,1H3,(H,23,25)(H,24,32)(H,27,28,29,33). The summed E-state index contributed by atoms with van der Waals surface area (Å²) in [7, 11) is 0. The van der Waals surface area contributed by atoms with Crippen LogP contribution in [-0.2, 0) is 6.54 Å². The molecule has 33 heavy (non-hydrogen) atoms. The average molecular weight is 441 g/mol. The number of hydrogen-bond acceptors (Lipinski definition) is 6. The molecule has 0 radical (unpaired) electrons. The maximum Gasteiger partial charge on any atom is 0.347 e. The molecule has 0 spiro atoms. The van der Waals surface area contributed by atoms with E-state index in [4.69, 9.17) is 0 Å². The number of anilines is 1. The van der Waals surface area contributed by atoms with Gasteiger partial charge in [-0.15, -0.1) is 0 Å². The summed E-state index contributed by atoms with van der Waals surface area (Å²) in [6.45, 7) is 1.93. The third-order valence-electron chi connectivity index (χ3n) is 5.07. The average Bonchev–Trinajstić information content (AvgIpc) is 3.57. The molecule has 5 aromatic rings. The van der Waals surface area contributed by atoms with Crippen LogP contribution in [0.5, 0.6) is 0 Å². The van der Waals surface area contributed by atoms with Crippen molar-refractivity contribution < 1.29 is 9.59 Å². The van der Waals surface area contributed by atoms with Crippen molar-refractivity contribution in [2.75, 3.05) is 5.32 Å². The molecule has 0 aliphatic carbocycles. The van der Waals surface area contributed by atoms with Crippen molar-refractivity contribution in [1.82, 2.24) is 39.4 Å². The van der Waals surface area contributed by atoms with Gasteiger partial charge < -0.3 is 10.3 Å². The first-order valence-corrected chi connectivity index (χ1v) is 10.1. The number of nitrogens with one attached hydrogen (secondary N) is 3. The predicted molar refractivity (Wildman–Crippen MR) is 120 cm³/mol. The molecule has 11 heteroatoms. The fourth-order valence-corrected chi connectivity index (χ4v) is 3.34. The van der Waals surface area contributed by atoms with Crippen molar-refractivity contribution in [3.63, 3.8) is 0 Å². The van der Waals surface area contributed by atoms with Crippen molar-refractivity contribution in [1.29, 1.82) is 0 Å². The van der Waals surface area contributed by atoms with Gasteiger partial charge in [-0.05, 0) is 13.0 Å². The molecule has 0 saturated heterocycles. The lowest BCUT2D eigenvalue weighted by molar-refractivity contribution is 0.0950. The van der Waals surface area contributed by atoms with E-state index < -0.39 is 6.03 Å². The van der Waals surface area contributed by atoms with Crippen molar-refractivity contribution in [3.8, 4) is 11.3 Å². The minimum absolute atomic E-state index is 0.287. The zero-order valence-electron chi connectivity index (χ0n) is 17.6. The van der Waals surface area contributed by atoms with Gasteiger partial charge in [-0.1, -0.05) is 30.3 Å². The number of amides is 2. The van der Waals surface area contributed by atoms with E-state index in [-0.39, 0.29) is 12.5 Å². The molecule has 0 atom stereocenters. The largest absolute Gasteiger partial charge is 0.347 e. The molecule has 4 heterocycles. The third-order valence-corrected chi connectivity index (χ3v) is 5.07. The number of carbonyl (C=O) groups excluding carboxylic acids is 2. The number of aromatic amines is 1. The minimum Gasteiger partial charge on any atom is -0.347 e. The molecule has 11 nitrogen and oxygen atoms in total. The molecule has 0 unspecified atom stereocenters. The van der Waals surface area contributed by atoms with E-state index in [1.54, 1.807) is 29.8 Å². The van der Waals surface area contributed by atoms with Gasteiger partial charge in [0, 0.05) is 24.2 Å². The second-order valence-electron chi connectivity index (χ2n) is 7.26. The van der Waals surface area contributed by atoms with E-state index in [1.165, 1.54) is 12.5 Å². The Hall–Kier alpha value is -4.80. The molecule has 0 aliphatic rings. The van der Waals surface area contributed by atoms with Gasteiger partial charge in [0.05, 0.1) is 41.7 Å². The first-order valence-electron chi connectivity index (χ1n) is 10.1. The van der Waals surface area contributed by atoms with Crippen LogP contribution in [0.2, 0.25) is 0 Å². The molecule has 3 N–H and O–H groups in total. The molecule has 0 saturated carbocycles. The second kappa shape index (κ2) is 8.38. The molecule has 4 aromatic heterocycles. The van der Waals surface area contributed by atoms with E-state index in [1.807, 2.05) is 36.5 Å². The van der Waals surface area contributed by atoms with Gasteiger partial charge in [0.15, 0.2) is 0 Å². The molecule has 2 amide bonds. The number of fused-ring (bicyclic) bond motifs is 1. The number of rotatable bonds is 5. The summed E-state index contributed by atoms with van der Waals surface area (Å²) >= 11 is 0. The van der Waals surface area contributed by atoms with Gasteiger partial charge in [0.25, 0.3) is 5.91 Å². The maximum absolute atomic E-state index is 12.8. The summed E-state index contributed by atoms with van der Waals surface area (Å²) in [4.78, 5) is 41.0. The Morgan fingerprint density at radius 3 is 2.73 bits per heavy atom. The van der Waals surface area contributed by atoms with Gasteiger partial charge in [0.2, 0.25) is 5.78 Å². The van der Waals surface area contributed by atoms with Crippen LogP contribution in [0.4, 0.5) is 10.6 Å². The first kappa shape index (κ1) is 20.1. The van der Waals surface area contributed by atoms with Crippen LogP contribution < -0.4 is 10.6 Å². The summed E-state index contributed by atoms with van der Waals surface area (Å²) < 4.78 is 2.90. The van der Waals surface area contributed by atoms with Crippen molar-refractivity contribution in [3.05, 3.63) is 84.5 Å². The van der Waals surface area contributed by atoms with Crippen LogP contribution in [0, 0.1) is 6.92 Å². The van der Waals surface area contributed by atoms with Gasteiger partial charge in [-0.2, -0.15) is 14.8 Å². The summed E-state index contributed by atoms with van der Waals surface area (Å²) in [5, 5.41) is 9.52. The van der Waals surface area contributed by atoms with Crippen LogP contribution in [0.15, 0.2) is 67.5 Å². The number of imidazole rings is 2. The monoisotopic (exact) mass is 441 g/mol. The van der Waals surface area contributed by atoms with Crippen LogP contribution >= 0.6 is 0 Å². The van der Waals surface area contributed by atoms with E-state index in [0.29, 0.717) is 22.9 Å². The van der Waals surface area contributed by atoms with Crippen molar-refractivity contribution >= 4 is 23.5 Å². The van der Waals surface area contributed by atoms with E-state index >= 15 is 0 Å². The fraction of sp³-hybridized carbons (Fsp3) is 0.0909. The lowest BCUT2D eigenvalue weighted by Crippen LogP contribution is -2.25. The Kier molecular flexibility index (Phi) is 5.11. The van der Waals surface area contributed by atoms with Crippen LogP contribution in [0.1, 0.15) is 21.7 Å². The molecule has 164 valence electrons. The third kappa shape index (κ3) is 4.06. The van der Waals surface area contributed by atoms with Gasteiger partial charge >= 0.3 is 6.03 Å². The Balaban J connectivity index is 1.30. The van der Waals surface area contributed by atoms with Crippen molar-refractivity contribution in [2.24, 2.45) is 0 Å². The topological polar surface area (TPSA) is 135 Å². The second-order valence-corrected chi connectivity index (χ2v) is 7.26. The van der Waals surface area contributed by atoms with E-state index in [9.17, 15) is 9.59 Å². The highest BCUT2D eigenvalue weighted by atomic mass is 16.2. The van der Waals surface area contributed by atoms with E-state index in [0.717, 1.165) is 21.6 Å². The highest BCUT2D eigenvalue weighted by molar-refractivity contribution is 5.97. The van der Waals surface area contributed by atoms with E-state index in [2.05, 4.69) is 35.7 Å².